The molecule has 2 fully saturated rings. The van der Waals surface area contributed by atoms with Gasteiger partial charge in [-0.1, -0.05) is 23.2 Å². The summed E-state index contributed by atoms with van der Waals surface area (Å²) in [6.07, 6.45) is 7.91. The smallest absolute Gasteiger partial charge is 0.305 e. The van der Waals surface area contributed by atoms with Crippen LogP contribution in [0.4, 0.5) is 5.95 Å². The lowest BCUT2D eigenvalue weighted by Crippen LogP contribution is -2.41. The summed E-state index contributed by atoms with van der Waals surface area (Å²) in [7, 11) is 3.45. The number of piperidine rings is 2. The molecule has 9 nitrogen and oxygen atoms in total. The molecule has 218 valence electrons. The second-order valence-electron chi connectivity index (χ2n) is 10.7. The van der Waals surface area contributed by atoms with Crippen molar-refractivity contribution < 1.29 is 14.3 Å². The van der Waals surface area contributed by atoms with Crippen LogP contribution in [0, 0.1) is 5.92 Å². The third kappa shape index (κ3) is 8.07. The Hall–Kier alpha value is -2.98. The van der Waals surface area contributed by atoms with Crippen LogP contribution in [0.1, 0.15) is 37.7 Å². The molecule has 0 saturated carbocycles. The second kappa shape index (κ2) is 13.8. The second-order valence-corrected chi connectivity index (χ2v) is 11.6. The van der Waals surface area contributed by atoms with E-state index in [0.717, 1.165) is 69.5 Å². The van der Waals surface area contributed by atoms with Gasteiger partial charge < -0.3 is 19.7 Å². The lowest BCUT2D eigenvalue weighted by Gasteiger charge is -2.31. The summed E-state index contributed by atoms with van der Waals surface area (Å²) in [6, 6.07) is 9.93. The number of carbonyl (C=O) groups is 1. The largest absolute Gasteiger partial charge is 0.469 e. The average Bonchev–Trinajstić information content (AvgIpc) is 2.98. The van der Waals surface area contributed by atoms with Gasteiger partial charge in [-0.3, -0.25) is 9.69 Å². The molecule has 2 aromatic heterocycles. The predicted octanol–water partition coefficient (Wildman–Crippen LogP) is 5.60. The van der Waals surface area contributed by atoms with Gasteiger partial charge in [0.1, 0.15) is 0 Å². The van der Waals surface area contributed by atoms with E-state index in [4.69, 9.17) is 37.7 Å². The van der Waals surface area contributed by atoms with Crippen molar-refractivity contribution in [1.82, 2.24) is 25.2 Å². The zero-order valence-corrected chi connectivity index (χ0v) is 25.0. The van der Waals surface area contributed by atoms with Gasteiger partial charge in [0.15, 0.2) is 5.75 Å². The minimum absolute atomic E-state index is 0.139. The Morgan fingerprint density at radius 3 is 2.29 bits per heavy atom. The van der Waals surface area contributed by atoms with Gasteiger partial charge in [0.2, 0.25) is 11.8 Å². The average molecular weight is 600 g/mol. The van der Waals surface area contributed by atoms with Gasteiger partial charge in [0, 0.05) is 53.8 Å². The summed E-state index contributed by atoms with van der Waals surface area (Å²) in [5, 5.41) is 4.43. The zero-order chi connectivity index (χ0) is 28.8. The fraction of sp³-hybridized carbons (Fsp3) is 0.467. The predicted molar refractivity (Wildman–Crippen MR) is 161 cm³/mol. The fourth-order valence-corrected chi connectivity index (χ4v) is 6.02. The van der Waals surface area contributed by atoms with Crippen LogP contribution in [0.25, 0.3) is 11.3 Å². The molecular formula is C30H36Cl2N6O3. The molecule has 3 aromatic rings. The van der Waals surface area contributed by atoms with Crippen molar-refractivity contribution in [3.63, 3.8) is 0 Å². The number of esters is 1. The van der Waals surface area contributed by atoms with Crippen LogP contribution in [0.3, 0.4) is 0 Å². The minimum Gasteiger partial charge on any atom is -0.469 e. The van der Waals surface area contributed by atoms with Crippen molar-refractivity contribution in [2.75, 3.05) is 45.2 Å². The summed E-state index contributed by atoms with van der Waals surface area (Å²) in [4.78, 5) is 30.2. The molecule has 1 N–H and O–H groups in total. The molecule has 5 rings (SSSR count). The first-order valence-electron chi connectivity index (χ1n) is 14.1. The molecule has 11 heteroatoms. The van der Waals surface area contributed by atoms with Gasteiger partial charge in [-0.2, -0.15) is 0 Å². The number of nitrogens with zero attached hydrogens (tertiary/aromatic N) is 5. The van der Waals surface area contributed by atoms with Crippen LogP contribution in [-0.2, 0) is 16.1 Å². The number of aromatic nitrogens is 3. The van der Waals surface area contributed by atoms with Gasteiger partial charge in [0.05, 0.1) is 25.2 Å². The van der Waals surface area contributed by atoms with Crippen molar-refractivity contribution >= 4 is 35.1 Å². The molecule has 2 aliphatic heterocycles. The maximum Gasteiger partial charge on any atom is 0.305 e. The molecule has 0 spiro atoms. The van der Waals surface area contributed by atoms with Gasteiger partial charge in [-0.05, 0) is 81.6 Å². The van der Waals surface area contributed by atoms with Crippen LogP contribution < -0.4 is 15.0 Å². The Morgan fingerprint density at radius 2 is 1.66 bits per heavy atom. The Kier molecular flexibility index (Phi) is 9.92. The first kappa shape index (κ1) is 29.5. The number of ether oxygens (including phenoxy) is 2. The standard InChI is InChI=1S/C30H36Cl2N6O3/c1-33-25-5-9-38(10-6-25)30-34-17-26(18-35-30)41-28-12-21(11-27(36-28)22-14-23(31)16-24(32)15-22)19-37-7-3-20(4-8-37)13-29(39)40-2/h11-12,14-18,20,25,33H,3-10,13,19H2,1-2H3. The van der Waals surface area contributed by atoms with E-state index in [0.29, 0.717) is 51.7 Å². The molecule has 2 aliphatic rings. The molecule has 0 atom stereocenters. The molecule has 0 amide bonds. The highest BCUT2D eigenvalue weighted by Gasteiger charge is 2.23. The SMILES string of the molecule is CNC1CCN(c2ncc(Oc3cc(CN4CCC(CC(=O)OC)CC4)cc(-c4cc(Cl)cc(Cl)c4)n3)cn2)CC1. The maximum atomic E-state index is 11.7. The van der Waals surface area contributed by atoms with E-state index < -0.39 is 0 Å². The van der Waals surface area contributed by atoms with E-state index in [1.807, 2.05) is 31.3 Å². The molecule has 1 aromatic carbocycles. The Bertz CT molecular complexity index is 1310. The number of halogens is 2. The highest BCUT2D eigenvalue weighted by molar-refractivity contribution is 6.35. The Balaban J connectivity index is 1.32. The molecule has 0 aliphatic carbocycles. The van der Waals surface area contributed by atoms with Crippen molar-refractivity contribution in [2.45, 2.75) is 44.7 Å². The van der Waals surface area contributed by atoms with Gasteiger partial charge in [-0.25, -0.2) is 15.0 Å². The number of hydrogen-bond acceptors (Lipinski definition) is 9. The number of nitrogens with one attached hydrogen (secondary N) is 1. The van der Waals surface area contributed by atoms with E-state index in [2.05, 4.69) is 25.1 Å². The van der Waals surface area contributed by atoms with Crippen LogP contribution in [0.15, 0.2) is 42.7 Å². The lowest BCUT2D eigenvalue weighted by molar-refractivity contribution is -0.142. The highest BCUT2D eigenvalue weighted by atomic mass is 35.5. The number of hydrogen-bond donors (Lipinski definition) is 1. The molecular weight excluding hydrogens is 563 g/mol. The summed E-state index contributed by atoms with van der Waals surface area (Å²) in [5.41, 5.74) is 2.58. The number of rotatable bonds is 9. The van der Waals surface area contributed by atoms with Crippen LogP contribution in [0.2, 0.25) is 10.0 Å². The molecule has 2 saturated heterocycles. The number of likely N-dealkylation sites (tertiary alicyclic amines) is 1. The summed E-state index contributed by atoms with van der Waals surface area (Å²) >= 11 is 12.6. The highest BCUT2D eigenvalue weighted by Crippen LogP contribution is 2.31. The number of anilines is 1. The Morgan fingerprint density at radius 1 is 0.976 bits per heavy atom. The minimum atomic E-state index is -0.139. The summed E-state index contributed by atoms with van der Waals surface area (Å²) in [6.45, 7) is 4.36. The van der Waals surface area contributed by atoms with E-state index in [1.54, 1.807) is 18.5 Å². The van der Waals surface area contributed by atoms with Crippen molar-refractivity contribution in [3.8, 4) is 22.9 Å². The van der Waals surface area contributed by atoms with Crippen molar-refractivity contribution in [1.29, 1.82) is 0 Å². The van der Waals surface area contributed by atoms with Gasteiger partial charge in [-0.15, -0.1) is 0 Å². The molecule has 4 heterocycles. The van der Waals surface area contributed by atoms with Gasteiger partial charge >= 0.3 is 5.97 Å². The zero-order valence-electron chi connectivity index (χ0n) is 23.5. The van der Waals surface area contributed by atoms with Crippen molar-refractivity contribution in [3.05, 3.63) is 58.3 Å². The first-order chi connectivity index (χ1) is 19.9. The molecule has 0 bridgehead atoms. The van der Waals surface area contributed by atoms with E-state index in [-0.39, 0.29) is 5.97 Å². The lowest BCUT2D eigenvalue weighted by atomic mass is 9.93. The summed E-state index contributed by atoms with van der Waals surface area (Å²) in [5.74, 6) is 1.89. The maximum absolute atomic E-state index is 11.7. The number of methoxy groups -OCH3 is 1. The quantitative estimate of drug-likeness (QED) is 0.316. The summed E-state index contributed by atoms with van der Waals surface area (Å²) < 4.78 is 11.0. The number of benzene rings is 1. The van der Waals surface area contributed by atoms with Crippen LogP contribution >= 0.6 is 23.2 Å². The number of carbonyl (C=O) groups excluding carboxylic acids is 1. The van der Waals surface area contributed by atoms with E-state index in [9.17, 15) is 4.79 Å². The van der Waals surface area contributed by atoms with E-state index >= 15 is 0 Å². The molecule has 0 unspecified atom stereocenters. The molecule has 0 radical (unpaired) electrons. The van der Waals surface area contributed by atoms with Gasteiger partial charge in [0.25, 0.3) is 0 Å². The normalized spacial score (nSPS) is 17.0. The monoisotopic (exact) mass is 598 g/mol. The Labute approximate surface area is 251 Å². The topological polar surface area (TPSA) is 92.7 Å². The van der Waals surface area contributed by atoms with Crippen LogP contribution in [0.5, 0.6) is 11.6 Å². The third-order valence-electron chi connectivity index (χ3n) is 7.84. The molecule has 41 heavy (non-hydrogen) atoms. The van der Waals surface area contributed by atoms with Crippen LogP contribution in [-0.4, -0.2) is 72.2 Å². The first-order valence-corrected chi connectivity index (χ1v) is 14.8. The van der Waals surface area contributed by atoms with Crippen molar-refractivity contribution in [2.24, 2.45) is 5.92 Å². The number of pyridine rings is 1. The van der Waals surface area contributed by atoms with E-state index in [1.165, 1.54) is 7.11 Å². The fourth-order valence-electron chi connectivity index (χ4n) is 5.49. The third-order valence-corrected chi connectivity index (χ3v) is 8.28.